The Hall–Kier alpha value is -2.63. The summed E-state index contributed by atoms with van der Waals surface area (Å²) in [6, 6.07) is 12.8. The Balaban J connectivity index is 1.77. The van der Waals surface area contributed by atoms with Gasteiger partial charge in [-0.25, -0.2) is 4.39 Å². The summed E-state index contributed by atoms with van der Waals surface area (Å²) in [6.07, 6.45) is 3.01. The van der Waals surface area contributed by atoms with Gasteiger partial charge < -0.3 is 10.6 Å². The van der Waals surface area contributed by atoms with Gasteiger partial charge in [0.2, 0.25) is 0 Å². The number of nitrogens with zero attached hydrogens (tertiary/aromatic N) is 1. The Morgan fingerprint density at radius 2 is 1.76 bits per heavy atom. The van der Waals surface area contributed by atoms with Gasteiger partial charge in [-0.15, -0.1) is 0 Å². The molecule has 0 saturated heterocycles. The van der Waals surface area contributed by atoms with Crippen molar-refractivity contribution in [1.82, 2.24) is 4.98 Å². The summed E-state index contributed by atoms with van der Waals surface area (Å²) in [7, 11) is 0. The summed E-state index contributed by atoms with van der Waals surface area (Å²) in [4.78, 5) is 16.4. The molecule has 0 spiro atoms. The third kappa shape index (κ3) is 4.26. The number of pyridine rings is 1. The minimum absolute atomic E-state index is 0.0648. The first-order valence-electron chi connectivity index (χ1n) is 7.26. The normalized spacial score (nSPS) is 10.4. The van der Waals surface area contributed by atoms with Crippen LogP contribution < -0.4 is 10.6 Å². The molecule has 126 valence electrons. The fourth-order valence-electron chi connectivity index (χ4n) is 2.13. The number of nitrogens with one attached hydrogen (secondary N) is 2. The Labute approximate surface area is 153 Å². The number of anilines is 3. The van der Waals surface area contributed by atoms with E-state index in [1.807, 2.05) is 18.2 Å². The lowest BCUT2D eigenvalue weighted by molar-refractivity contribution is 0.102. The second kappa shape index (κ2) is 7.51. The largest absolute Gasteiger partial charge is 0.353 e. The molecule has 1 heterocycles. The van der Waals surface area contributed by atoms with Crippen LogP contribution in [0.3, 0.4) is 0 Å². The van der Waals surface area contributed by atoms with Gasteiger partial charge in [0.05, 0.1) is 33.2 Å². The van der Waals surface area contributed by atoms with Gasteiger partial charge in [0.1, 0.15) is 5.82 Å². The number of carbonyl (C=O) groups excluding carboxylic acids is 1. The predicted molar refractivity (Wildman–Crippen MR) is 98.3 cm³/mol. The van der Waals surface area contributed by atoms with Crippen molar-refractivity contribution in [3.63, 3.8) is 0 Å². The highest BCUT2D eigenvalue weighted by Crippen LogP contribution is 2.25. The van der Waals surface area contributed by atoms with Gasteiger partial charge in [-0.1, -0.05) is 35.3 Å². The predicted octanol–water partition coefficient (Wildman–Crippen LogP) is 5.52. The van der Waals surface area contributed by atoms with Crippen LogP contribution in [-0.4, -0.2) is 10.9 Å². The Kier molecular flexibility index (Phi) is 5.16. The zero-order valence-electron chi connectivity index (χ0n) is 12.8. The molecule has 0 fully saturated rings. The lowest BCUT2D eigenvalue weighted by atomic mass is 10.2. The highest BCUT2D eigenvalue weighted by Gasteiger charge is 2.10. The summed E-state index contributed by atoms with van der Waals surface area (Å²) >= 11 is 11.8. The Morgan fingerprint density at radius 3 is 2.52 bits per heavy atom. The van der Waals surface area contributed by atoms with E-state index in [4.69, 9.17) is 23.2 Å². The first kappa shape index (κ1) is 17.2. The topological polar surface area (TPSA) is 54.0 Å². The first-order chi connectivity index (χ1) is 12.0. The van der Waals surface area contributed by atoms with Crippen molar-refractivity contribution >= 4 is 46.2 Å². The van der Waals surface area contributed by atoms with Crippen molar-refractivity contribution in [1.29, 1.82) is 0 Å². The molecule has 0 aliphatic rings. The van der Waals surface area contributed by atoms with Crippen molar-refractivity contribution in [2.45, 2.75) is 0 Å². The number of hydrogen-bond donors (Lipinski definition) is 2. The minimum Gasteiger partial charge on any atom is -0.353 e. The zero-order chi connectivity index (χ0) is 17.8. The number of amides is 1. The van der Waals surface area contributed by atoms with Gasteiger partial charge in [0.25, 0.3) is 5.91 Å². The minimum atomic E-state index is -0.549. The molecule has 3 aromatic rings. The van der Waals surface area contributed by atoms with Crippen LogP contribution in [0.5, 0.6) is 0 Å². The lowest BCUT2D eigenvalue weighted by Crippen LogP contribution is -2.12. The van der Waals surface area contributed by atoms with E-state index in [1.54, 1.807) is 18.3 Å². The smallest absolute Gasteiger partial charge is 0.257 e. The van der Waals surface area contributed by atoms with Gasteiger partial charge in [0.15, 0.2) is 0 Å². The molecule has 0 bridgehead atoms. The molecule has 7 heteroatoms. The average molecular weight is 376 g/mol. The molecule has 1 amide bonds. The molecule has 2 aromatic carbocycles. The van der Waals surface area contributed by atoms with E-state index in [-0.39, 0.29) is 5.02 Å². The van der Waals surface area contributed by atoms with E-state index in [2.05, 4.69) is 15.6 Å². The molecule has 25 heavy (non-hydrogen) atoms. The van der Waals surface area contributed by atoms with Crippen LogP contribution in [0, 0.1) is 5.82 Å². The summed E-state index contributed by atoms with van der Waals surface area (Å²) in [6.45, 7) is 0. The van der Waals surface area contributed by atoms with Crippen LogP contribution in [0.1, 0.15) is 10.4 Å². The van der Waals surface area contributed by atoms with Crippen molar-refractivity contribution in [2.75, 3.05) is 10.6 Å². The Morgan fingerprint density at radius 1 is 0.960 bits per heavy atom. The molecule has 0 atom stereocenters. The van der Waals surface area contributed by atoms with E-state index in [1.165, 1.54) is 24.4 Å². The standard InChI is InChI=1S/C18H12Cl2FN3O/c19-14-3-1-2-4-17(14)23-13-7-11(9-22-10-13)18(25)24-12-5-6-16(21)15(20)8-12/h1-10,23H,(H,24,25). The molecule has 0 aliphatic carbocycles. The monoisotopic (exact) mass is 375 g/mol. The average Bonchev–Trinajstić information content (AvgIpc) is 2.60. The third-order valence-corrected chi connectivity index (χ3v) is 3.95. The molecule has 0 saturated carbocycles. The van der Waals surface area contributed by atoms with E-state index in [0.717, 1.165) is 0 Å². The van der Waals surface area contributed by atoms with E-state index in [0.29, 0.717) is 27.6 Å². The maximum absolute atomic E-state index is 13.2. The number of aromatic nitrogens is 1. The second-order valence-electron chi connectivity index (χ2n) is 5.15. The van der Waals surface area contributed by atoms with Crippen molar-refractivity contribution < 1.29 is 9.18 Å². The van der Waals surface area contributed by atoms with Crippen molar-refractivity contribution in [2.24, 2.45) is 0 Å². The van der Waals surface area contributed by atoms with Crippen LogP contribution >= 0.6 is 23.2 Å². The highest BCUT2D eigenvalue weighted by molar-refractivity contribution is 6.33. The Bertz CT molecular complexity index is 934. The number of carbonyl (C=O) groups is 1. The SMILES string of the molecule is O=C(Nc1ccc(F)c(Cl)c1)c1cncc(Nc2ccccc2Cl)c1. The summed E-state index contributed by atoms with van der Waals surface area (Å²) in [5.41, 5.74) is 2.03. The van der Waals surface area contributed by atoms with Crippen LogP contribution in [0.4, 0.5) is 21.5 Å². The van der Waals surface area contributed by atoms with Gasteiger partial charge in [0, 0.05) is 11.9 Å². The van der Waals surface area contributed by atoms with E-state index in [9.17, 15) is 9.18 Å². The molecular formula is C18H12Cl2FN3O. The molecule has 4 nitrogen and oxygen atoms in total. The third-order valence-electron chi connectivity index (χ3n) is 3.33. The van der Waals surface area contributed by atoms with Crippen LogP contribution in [0.25, 0.3) is 0 Å². The van der Waals surface area contributed by atoms with Gasteiger partial charge >= 0.3 is 0 Å². The van der Waals surface area contributed by atoms with Crippen LogP contribution in [-0.2, 0) is 0 Å². The van der Waals surface area contributed by atoms with Crippen molar-refractivity contribution in [3.8, 4) is 0 Å². The van der Waals surface area contributed by atoms with Gasteiger partial charge in [-0.3, -0.25) is 9.78 Å². The number of para-hydroxylation sites is 1. The number of halogens is 3. The quantitative estimate of drug-likeness (QED) is 0.630. The maximum Gasteiger partial charge on any atom is 0.257 e. The number of benzene rings is 2. The fourth-order valence-corrected chi connectivity index (χ4v) is 2.49. The maximum atomic E-state index is 13.2. The van der Waals surface area contributed by atoms with Crippen LogP contribution in [0.15, 0.2) is 60.9 Å². The molecule has 0 unspecified atom stereocenters. The summed E-state index contributed by atoms with van der Waals surface area (Å²) in [5.74, 6) is -0.940. The molecule has 0 radical (unpaired) electrons. The number of hydrogen-bond acceptors (Lipinski definition) is 3. The van der Waals surface area contributed by atoms with E-state index >= 15 is 0 Å². The molecular weight excluding hydrogens is 364 g/mol. The van der Waals surface area contributed by atoms with Gasteiger partial charge in [-0.2, -0.15) is 0 Å². The lowest BCUT2D eigenvalue weighted by Gasteiger charge is -2.10. The van der Waals surface area contributed by atoms with Crippen LogP contribution in [0.2, 0.25) is 10.0 Å². The number of rotatable bonds is 4. The zero-order valence-corrected chi connectivity index (χ0v) is 14.3. The van der Waals surface area contributed by atoms with Gasteiger partial charge in [-0.05, 0) is 36.4 Å². The summed E-state index contributed by atoms with van der Waals surface area (Å²) in [5, 5.41) is 6.24. The molecule has 0 aliphatic heterocycles. The first-order valence-corrected chi connectivity index (χ1v) is 8.01. The molecule has 2 N–H and O–H groups in total. The van der Waals surface area contributed by atoms with E-state index < -0.39 is 11.7 Å². The summed E-state index contributed by atoms with van der Waals surface area (Å²) < 4.78 is 13.2. The second-order valence-corrected chi connectivity index (χ2v) is 5.96. The van der Waals surface area contributed by atoms with Crippen molar-refractivity contribution in [3.05, 3.63) is 82.4 Å². The molecule has 3 rings (SSSR count). The highest BCUT2D eigenvalue weighted by atomic mass is 35.5. The molecule has 1 aromatic heterocycles. The fraction of sp³-hybridized carbons (Fsp3) is 0.